The fourth-order valence-corrected chi connectivity index (χ4v) is 3.70. The highest BCUT2D eigenvalue weighted by Gasteiger charge is 2.31. The molecule has 2 aliphatic heterocycles. The Morgan fingerprint density at radius 2 is 1.96 bits per heavy atom. The van der Waals surface area contributed by atoms with Crippen molar-refractivity contribution >= 4 is 11.8 Å². The van der Waals surface area contributed by atoms with Gasteiger partial charge in [0.1, 0.15) is 11.5 Å². The van der Waals surface area contributed by atoms with Gasteiger partial charge in [-0.25, -0.2) is 9.97 Å². The van der Waals surface area contributed by atoms with E-state index in [1.807, 2.05) is 18.0 Å². The van der Waals surface area contributed by atoms with Gasteiger partial charge in [0, 0.05) is 44.8 Å². The molecule has 0 saturated carbocycles. The third-order valence-electron chi connectivity index (χ3n) is 5.11. The normalized spacial score (nSPS) is 19.5. The molecule has 4 heterocycles. The number of carbonyl (C=O) groups is 2. The zero-order chi connectivity index (χ0) is 18.1. The van der Waals surface area contributed by atoms with Gasteiger partial charge in [-0.1, -0.05) is 0 Å². The van der Waals surface area contributed by atoms with Gasteiger partial charge in [-0.3, -0.25) is 14.6 Å². The molecule has 26 heavy (non-hydrogen) atoms. The predicted molar refractivity (Wildman–Crippen MR) is 93.2 cm³/mol. The van der Waals surface area contributed by atoms with Gasteiger partial charge in [0.25, 0.3) is 5.91 Å². The number of hydrogen-bond acceptors (Lipinski definition) is 5. The van der Waals surface area contributed by atoms with Crippen LogP contribution < -0.4 is 0 Å². The quantitative estimate of drug-likeness (QED) is 0.823. The summed E-state index contributed by atoms with van der Waals surface area (Å²) in [6.45, 7) is 4.90. The van der Waals surface area contributed by atoms with Crippen LogP contribution in [-0.2, 0) is 17.8 Å². The lowest BCUT2D eigenvalue weighted by Gasteiger charge is -2.33. The first-order valence-corrected chi connectivity index (χ1v) is 9.04. The van der Waals surface area contributed by atoms with Crippen LogP contribution in [0.3, 0.4) is 0 Å². The van der Waals surface area contributed by atoms with E-state index in [2.05, 4.69) is 19.5 Å². The van der Waals surface area contributed by atoms with Crippen molar-refractivity contribution in [1.82, 2.24) is 29.3 Å². The van der Waals surface area contributed by atoms with E-state index in [1.165, 1.54) is 12.4 Å². The number of likely N-dealkylation sites (tertiary alicyclic amines) is 1. The van der Waals surface area contributed by atoms with Crippen molar-refractivity contribution < 1.29 is 9.59 Å². The summed E-state index contributed by atoms with van der Waals surface area (Å²) in [6.07, 6.45) is 8.99. The van der Waals surface area contributed by atoms with E-state index >= 15 is 0 Å². The van der Waals surface area contributed by atoms with E-state index < -0.39 is 0 Å². The van der Waals surface area contributed by atoms with Gasteiger partial charge < -0.3 is 14.4 Å². The van der Waals surface area contributed by atoms with Gasteiger partial charge in [0.05, 0.1) is 24.4 Å². The summed E-state index contributed by atoms with van der Waals surface area (Å²) >= 11 is 0. The van der Waals surface area contributed by atoms with Crippen LogP contribution in [-0.4, -0.2) is 60.8 Å². The Balaban J connectivity index is 1.50. The summed E-state index contributed by atoms with van der Waals surface area (Å²) in [5, 5.41) is 0. The van der Waals surface area contributed by atoms with Gasteiger partial charge >= 0.3 is 0 Å². The van der Waals surface area contributed by atoms with Crippen LogP contribution >= 0.6 is 0 Å². The van der Waals surface area contributed by atoms with Crippen LogP contribution in [0.2, 0.25) is 0 Å². The maximum Gasteiger partial charge on any atom is 0.274 e. The number of imidazole rings is 1. The van der Waals surface area contributed by atoms with Gasteiger partial charge in [0.15, 0.2) is 0 Å². The molecular weight excluding hydrogens is 332 g/mol. The minimum Gasteiger partial charge on any atom is -0.342 e. The zero-order valence-corrected chi connectivity index (χ0v) is 14.8. The minimum absolute atomic E-state index is 0.137. The third-order valence-corrected chi connectivity index (χ3v) is 5.11. The molecule has 0 spiro atoms. The van der Waals surface area contributed by atoms with Crippen LogP contribution in [0.5, 0.6) is 0 Å². The maximum absolute atomic E-state index is 12.7. The van der Waals surface area contributed by atoms with Crippen molar-refractivity contribution in [3.8, 4) is 0 Å². The average molecular weight is 354 g/mol. The number of amides is 2. The average Bonchev–Trinajstić information content (AvgIpc) is 3.32. The monoisotopic (exact) mass is 354 g/mol. The summed E-state index contributed by atoms with van der Waals surface area (Å²) in [7, 11) is 0. The molecule has 136 valence electrons. The zero-order valence-electron chi connectivity index (χ0n) is 14.8. The van der Waals surface area contributed by atoms with E-state index in [9.17, 15) is 9.59 Å². The molecule has 4 rings (SSSR count). The van der Waals surface area contributed by atoms with Crippen LogP contribution in [0.1, 0.15) is 47.8 Å². The molecule has 2 aliphatic rings. The smallest absolute Gasteiger partial charge is 0.274 e. The van der Waals surface area contributed by atoms with Crippen molar-refractivity contribution in [2.75, 3.05) is 19.6 Å². The molecule has 0 aliphatic carbocycles. The summed E-state index contributed by atoms with van der Waals surface area (Å²) in [5.41, 5.74) is 1.11. The second-order valence-electron chi connectivity index (χ2n) is 6.81. The Labute approximate surface area is 151 Å². The second-order valence-corrected chi connectivity index (χ2v) is 6.81. The largest absolute Gasteiger partial charge is 0.342 e. The second kappa shape index (κ2) is 6.86. The van der Waals surface area contributed by atoms with Crippen molar-refractivity contribution in [2.24, 2.45) is 0 Å². The van der Waals surface area contributed by atoms with Crippen molar-refractivity contribution in [2.45, 2.75) is 38.8 Å². The fourth-order valence-electron chi connectivity index (χ4n) is 3.70. The predicted octanol–water partition coefficient (Wildman–Crippen LogP) is 1.05. The van der Waals surface area contributed by atoms with E-state index in [0.29, 0.717) is 25.2 Å². The van der Waals surface area contributed by atoms with Crippen LogP contribution in [0.25, 0.3) is 0 Å². The highest BCUT2D eigenvalue weighted by molar-refractivity contribution is 5.92. The lowest BCUT2D eigenvalue weighted by Crippen LogP contribution is -2.41. The number of rotatable bonds is 3. The Hall–Kier alpha value is -2.77. The van der Waals surface area contributed by atoms with Gasteiger partial charge in [-0.2, -0.15) is 0 Å². The van der Waals surface area contributed by atoms with E-state index in [4.69, 9.17) is 0 Å². The maximum atomic E-state index is 12.7. The topological polar surface area (TPSA) is 84.2 Å². The van der Waals surface area contributed by atoms with Gasteiger partial charge in [0.2, 0.25) is 5.91 Å². The van der Waals surface area contributed by atoms with Crippen molar-refractivity contribution in [1.29, 1.82) is 0 Å². The minimum atomic E-state index is -0.172. The molecule has 0 N–H and O–H groups in total. The van der Waals surface area contributed by atoms with E-state index in [1.54, 1.807) is 11.1 Å². The van der Waals surface area contributed by atoms with Gasteiger partial charge in [-0.15, -0.1) is 0 Å². The molecule has 2 amide bonds. The molecule has 1 saturated heterocycles. The standard InChI is InChI=1S/C18H22N6O2/c1-13-17-21-14(10-16(25)22-6-2-3-7-22)12-23(17)8-9-24(13)18(26)15-11-19-4-5-20-15/h4-5,11-13H,2-3,6-10H2,1H3/t13-/m1/s1. The molecule has 0 radical (unpaired) electrons. The number of carbonyl (C=O) groups excluding carboxylic acids is 2. The first-order chi connectivity index (χ1) is 12.6. The molecule has 8 heteroatoms. The summed E-state index contributed by atoms with van der Waals surface area (Å²) in [6, 6.07) is -0.172. The lowest BCUT2D eigenvalue weighted by molar-refractivity contribution is -0.129. The molecular formula is C18H22N6O2. The van der Waals surface area contributed by atoms with Gasteiger partial charge in [-0.05, 0) is 19.8 Å². The SMILES string of the molecule is C[C@@H]1c2nc(CC(=O)N3CCCC3)cn2CCN1C(=O)c1cnccn1. The molecule has 0 aromatic carbocycles. The number of aromatic nitrogens is 4. The van der Waals surface area contributed by atoms with Crippen molar-refractivity contribution in [3.05, 3.63) is 42.0 Å². The van der Waals surface area contributed by atoms with Crippen molar-refractivity contribution in [3.63, 3.8) is 0 Å². The first-order valence-electron chi connectivity index (χ1n) is 9.04. The molecule has 1 atom stereocenters. The van der Waals surface area contributed by atoms with Crippen LogP contribution in [0.15, 0.2) is 24.8 Å². The van der Waals surface area contributed by atoms with E-state index in [-0.39, 0.29) is 17.9 Å². The molecule has 0 bridgehead atoms. The summed E-state index contributed by atoms with van der Waals surface area (Å²) in [4.78, 5) is 41.5. The molecule has 2 aromatic rings. The fraction of sp³-hybridized carbons (Fsp3) is 0.500. The molecule has 1 fully saturated rings. The molecule has 2 aromatic heterocycles. The van der Waals surface area contributed by atoms with E-state index in [0.717, 1.165) is 37.4 Å². The first kappa shape index (κ1) is 16.7. The Morgan fingerprint density at radius 1 is 1.15 bits per heavy atom. The van der Waals surface area contributed by atoms with Crippen LogP contribution in [0, 0.1) is 0 Å². The van der Waals surface area contributed by atoms with Crippen LogP contribution in [0.4, 0.5) is 0 Å². The Morgan fingerprint density at radius 3 is 2.69 bits per heavy atom. The molecule has 8 nitrogen and oxygen atoms in total. The summed E-state index contributed by atoms with van der Waals surface area (Å²) < 4.78 is 2.05. The Bertz CT molecular complexity index is 812. The highest BCUT2D eigenvalue weighted by atomic mass is 16.2. The summed E-state index contributed by atoms with van der Waals surface area (Å²) in [5.74, 6) is 0.811. The third kappa shape index (κ3) is 3.07. The Kier molecular flexibility index (Phi) is 4.40. The number of hydrogen-bond donors (Lipinski definition) is 0. The number of nitrogens with zero attached hydrogens (tertiary/aromatic N) is 6. The molecule has 0 unspecified atom stereocenters. The number of fused-ring (bicyclic) bond motifs is 1. The highest BCUT2D eigenvalue weighted by Crippen LogP contribution is 2.26. The lowest BCUT2D eigenvalue weighted by atomic mass is 10.2.